The molecule has 1 unspecified atom stereocenters. The summed E-state index contributed by atoms with van der Waals surface area (Å²) in [4.78, 5) is 0. The zero-order valence-corrected chi connectivity index (χ0v) is 10.5. The molecule has 94 valence electrons. The number of rotatable bonds is 2. The Kier molecular flexibility index (Phi) is 3.64. The van der Waals surface area contributed by atoms with E-state index < -0.39 is 17.7 Å². The Morgan fingerprint density at radius 3 is 2.56 bits per heavy atom. The third-order valence-electron chi connectivity index (χ3n) is 2.85. The first kappa shape index (κ1) is 13.0. The zero-order valence-electron chi connectivity index (χ0n) is 9.75. The minimum Gasteiger partial charge on any atom is -0.320 e. The van der Waals surface area contributed by atoms with Crippen LogP contribution in [0.2, 0.25) is 5.02 Å². The van der Waals surface area contributed by atoms with Gasteiger partial charge in [0.05, 0.1) is 6.04 Å². The summed E-state index contributed by atoms with van der Waals surface area (Å²) >= 11 is 6.13. The van der Waals surface area contributed by atoms with Crippen LogP contribution in [0.4, 0.5) is 8.78 Å². The van der Waals surface area contributed by atoms with Crippen molar-refractivity contribution in [3.8, 4) is 0 Å². The molecule has 0 saturated heterocycles. The van der Waals surface area contributed by atoms with Crippen LogP contribution >= 0.6 is 11.6 Å². The van der Waals surface area contributed by atoms with Crippen molar-refractivity contribution in [1.82, 2.24) is 0 Å². The summed E-state index contributed by atoms with van der Waals surface area (Å²) in [5, 5.41) is 0.480. The molecule has 0 amide bonds. The summed E-state index contributed by atoms with van der Waals surface area (Å²) in [7, 11) is 0. The summed E-state index contributed by atoms with van der Waals surface area (Å²) in [6.07, 6.45) is 0. The van der Waals surface area contributed by atoms with Crippen LogP contribution in [0.1, 0.15) is 22.7 Å². The number of hydrogen-bond donors (Lipinski definition) is 1. The van der Waals surface area contributed by atoms with Gasteiger partial charge in [-0.05, 0) is 36.2 Å². The first-order chi connectivity index (χ1) is 8.50. The molecule has 2 N–H and O–H groups in total. The van der Waals surface area contributed by atoms with E-state index in [1.54, 1.807) is 12.1 Å². The van der Waals surface area contributed by atoms with Crippen molar-refractivity contribution in [1.29, 1.82) is 0 Å². The van der Waals surface area contributed by atoms with Gasteiger partial charge in [0.2, 0.25) is 0 Å². The first-order valence-electron chi connectivity index (χ1n) is 5.46. The largest absolute Gasteiger partial charge is 0.320 e. The van der Waals surface area contributed by atoms with Crippen LogP contribution < -0.4 is 5.73 Å². The van der Waals surface area contributed by atoms with E-state index in [1.165, 1.54) is 0 Å². The van der Waals surface area contributed by atoms with Crippen LogP contribution in [0.3, 0.4) is 0 Å². The zero-order chi connectivity index (χ0) is 13.3. The van der Waals surface area contributed by atoms with E-state index in [2.05, 4.69) is 0 Å². The van der Waals surface area contributed by atoms with Crippen molar-refractivity contribution in [2.75, 3.05) is 0 Å². The van der Waals surface area contributed by atoms with Gasteiger partial charge >= 0.3 is 0 Å². The highest BCUT2D eigenvalue weighted by molar-refractivity contribution is 6.32. The molecular formula is C14H12ClF2N. The second-order valence-corrected chi connectivity index (χ2v) is 4.50. The lowest BCUT2D eigenvalue weighted by atomic mass is 9.97. The molecule has 2 rings (SSSR count). The standard InChI is InChI=1S/C14H12ClF2N/c1-8-3-2-4-10(13(8)15)14(18)11-7-9(16)5-6-12(11)17/h2-7,14H,18H2,1H3. The first-order valence-corrected chi connectivity index (χ1v) is 5.84. The number of hydrogen-bond acceptors (Lipinski definition) is 1. The molecule has 0 radical (unpaired) electrons. The highest BCUT2D eigenvalue weighted by Gasteiger charge is 2.17. The van der Waals surface area contributed by atoms with Gasteiger partial charge in [0.1, 0.15) is 11.6 Å². The van der Waals surface area contributed by atoms with E-state index in [-0.39, 0.29) is 5.56 Å². The van der Waals surface area contributed by atoms with E-state index in [0.29, 0.717) is 10.6 Å². The number of benzene rings is 2. The highest BCUT2D eigenvalue weighted by Crippen LogP contribution is 2.30. The minimum absolute atomic E-state index is 0.0995. The predicted molar refractivity (Wildman–Crippen MR) is 68.6 cm³/mol. The normalized spacial score (nSPS) is 12.5. The maximum absolute atomic E-state index is 13.6. The monoisotopic (exact) mass is 267 g/mol. The van der Waals surface area contributed by atoms with Crippen LogP contribution in [0.5, 0.6) is 0 Å². The number of nitrogens with two attached hydrogens (primary N) is 1. The summed E-state index contributed by atoms with van der Waals surface area (Å²) < 4.78 is 26.8. The Morgan fingerprint density at radius 2 is 1.83 bits per heavy atom. The Hall–Kier alpha value is -1.45. The Labute approximate surface area is 109 Å². The van der Waals surface area contributed by atoms with Gasteiger partial charge in [-0.15, -0.1) is 0 Å². The van der Waals surface area contributed by atoms with Gasteiger partial charge in [-0.3, -0.25) is 0 Å². The molecule has 0 aliphatic heterocycles. The second kappa shape index (κ2) is 5.04. The van der Waals surface area contributed by atoms with Crippen molar-refractivity contribution >= 4 is 11.6 Å². The predicted octanol–water partition coefficient (Wildman–Crippen LogP) is 3.97. The lowest BCUT2D eigenvalue weighted by Gasteiger charge is -2.16. The van der Waals surface area contributed by atoms with Crippen molar-refractivity contribution in [2.45, 2.75) is 13.0 Å². The second-order valence-electron chi connectivity index (χ2n) is 4.12. The van der Waals surface area contributed by atoms with E-state index >= 15 is 0 Å². The molecule has 4 heteroatoms. The molecule has 0 heterocycles. The van der Waals surface area contributed by atoms with Crippen molar-refractivity contribution in [3.63, 3.8) is 0 Å². The molecule has 0 saturated carbocycles. The Balaban J connectivity index is 2.51. The summed E-state index contributed by atoms with van der Waals surface area (Å²) in [6, 6.07) is 7.77. The third kappa shape index (κ3) is 2.37. The summed E-state index contributed by atoms with van der Waals surface area (Å²) in [5.74, 6) is -1.06. The van der Waals surface area contributed by atoms with Crippen molar-refractivity contribution < 1.29 is 8.78 Å². The molecule has 0 aromatic heterocycles. The smallest absolute Gasteiger partial charge is 0.128 e. The molecule has 0 fully saturated rings. The quantitative estimate of drug-likeness (QED) is 0.875. The Bertz CT molecular complexity index is 582. The van der Waals surface area contributed by atoms with Crippen molar-refractivity contribution in [2.24, 2.45) is 5.73 Å². The molecule has 0 aliphatic rings. The van der Waals surface area contributed by atoms with Crippen LogP contribution in [-0.4, -0.2) is 0 Å². The van der Waals surface area contributed by atoms with Gasteiger partial charge in [0.15, 0.2) is 0 Å². The van der Waals surface area contributed by atoms with Gasteiger partial charge in [0.25, 0.3) is 0 Å². The van der Waals surface area contributed by atoms with Crippen molar-refractivity contribution in [3.05, 3.63) is 69.7 Å². The molecule has 2 aromatic carbocycles. The van der Waals surface area contributed by atoms with Gasteiger partial charge < -0.3 is 5.73 Å². The van der Waals surface area contributed by atoms with Crippen LogP contribution in [0, 0.1) is 18.6 Å². The van der Waals surface area contributed by atoms with E-state index in [9.17, 15) is 8.78 Å². The summed E-state index contributed by atoms with van der Waals surface area (Å²) in [6.45, 7) is 1.83. The van der Waals surface area contributed by atoms with Gasteiger partial charge in [-0.25, -0.2) is 8.78 Å². The fraction of sp³-hybridized carbons (Fsp3) is 0.143. The van der Waals surface area contributed by atoms with Crippen LogP contribution in [-0.2, 0) is 0 Å². The maximum Gasteiger partial charge on any atom is 0.128 e. The number of aryl methyl sites for hydroxylation is 1. The molecule has 1 atom stereocenters. The molecule has 0 spiro atoms. The molecular weight excluding hydrogens is 256 g/mol. The van der Waals surface area contributed by atoms with Crippen LogP contribution in [0.25, 0.3) is 0 Å². The highest BCUT2D eigenvalue weighted by atomic mass is 35.5. The fourth-order valence-corrected chi connectivity index (χ4v) is 2.07. The van der Waals surface area contributed by atoms with Gasteiger partial charge in [-0.2, -0.15) is 0 Å². The van der Waals surface area contributed by atoms with E-state index in [4.69, 9.17) is 17.3 Å². The van der Waals surface area contributed by atoms with E-state index in [1.807, 2.05) is 13.0 Å². The molecule has 1 nitrogen and oxygen atoms in total. The molecule has 18 heavy (non-hydrogen) atoms. The number of halogens is 3. The lowest BCUT2D eigenvalue weighted by Crippen LogP contribution is -2.14. The average Bonchev–Trinajstić information content (AvgIpc) is 2.35. The minimum atomic E-state index is -0.784. The maximum atomic E-state index is 13.6. The SMILES string of the molecule is Cc1cccc(C(N)c2cc(F)ccc2F)c1Cl. The average molecular weight is 268 g/mol. The topological polar surface area (TPSA) is 26.0 Å². The molecule has 2 aromatic rings. The fourth-order valence-electron chi connectivity index (χ4n) is 1.83. The lowest BCUT2D eigenvalue weighted by molar-refractivity contribution is 0.576. The third-order valence-corrected chi connectivity index (χ3v) is 3.37. The van der Waals surface area contributed by atoms with E-state index in [0.717, 1.165) is 23.8 Å². The van der Waals surface area contributed by atoms with Gasteiger partial charge in [0, 0.05) is 10.6 Å². The molecule has 0 aliphatic carbocycles. The Morgan fingerprint density at radius 1 is 1.11 bits per heavy atom. The van der Waals surface area contributed by atoms with Gasteiger partial charge in [-0.1, -0.05) is 29.8 Å². The summed E-state index contributed by atoms with van der Waals surface area (Å²) in [5.41, 5.74) is 7.50. The van der Waals surface area contributed by atoms with Crippen LogP contribution in [0.15, 0.2) is 36.4 Å². The molecule has 0 bridgehead atoms.